The second-order valence-corrected chi connectivity index (χ2v) is 8.00. The van der Waals surface area contributed by atoms with Gasteiger partial charge in [-0.05, 0) is 55.7 Å². The molecule has 3 aliphatic heterocycles. The molecule has 3 aliphatic rings. The van der Waals surface area contributed by atoms with Gasteiger partial charge in [0, 0.05) is 23.1 Å². The van der Waals surface area contributed by atoms with E-state index in [4.69, 9.17) is 4.74 Å². The lowest BCUT2D eigenvalue weighted by molar-refractivity contribution is -0.149. The van der Waals surface area contributed by atoms with Crippen LogP contribution < -0.4 is 0 Å². The van der Waals surface area contributed by atoms with Crippen LogP contribution in [0.1, 0.15) is 55.9 Å². The van der Waals surface area contributed by atoms with Crippen molar-refractivity contribution in [2.24, 2.45) is 5.41 Å². The van der Waals surface area contributed by atoms with Gasteiger partial charge in [0.25, 0.3) is 0 Å². The summed E-state index contributed by atoms with van der Waals surface area (Å²) >= 11 is 0. The number of benzene rings is 1. The third kappa shape index (κ3) is 1.89. The molecule has 0 spiro atoms. The van der Waals surface area contributed by atoms with Gasteiger partial charge in [0.1, 0.15) is 6.04 Å². The first kappa shape index (κ1) is 15.4. The maximum Gasteiger partial charge on any atom is 0.328 e. The van der Waals surface area contributed by atoms with Crippen LogP contribution in [0.2, 0.25) is 0 Å². The predicted molar refractivity (Wildman–Crippen MR) is 97.6 cm³/mol. The van der Waals surface area contributed by atoms with E-state index in [1.165, 1.54) is 48.7 Å². The fourth-order valence-electron chi connectivity index (χ4n) is 6.02. The summed E-state index contributed by atoms with van der Waals surface area (Å²) in [6, 6.07) is 8.90. The van der Waals surface area contributed by atoms with Crippen LogP contribution in [0.3, 0.4) is 0 Å². The molecule has 0 N–H and O–H groups in total. The summed E-state index contributed by atoms with van der Waals surface area (Å²) in [6.45, 7) is 4.65. The minimum absolute atomic E-state index is 0.0856. The number of carbonyl (C=O) groups is 1. The largest absolute Gasteiger partial charge is 0.467 e. The first-order valence-electron chi connectivity index (χ1n) is 9.64. The summed E-state index contributed by atoms with van der Waals surface area (Å²) in [5, 5.41) is 1.34. The Labute approximate surface area is 148 Å². The number of hydrogen-bond acceptors (Lipinski definition) is 3. The summed E-state index contributed by atoms with van der Waals surface area (Å²) < 4.78 is 7.59. The molecule has 0 radical (unpaired) electrons. The van der Waals surface area contributed by atoms with Crippen molar-refractivity contribution in [2.45, 2.75) is 51.1 Å². The minimum Gasteiger partial charge on any atom is -0.467 e. The van der Waals surface area contributed by atoms with E-state index in [-0.39, 0.29) is 17.4 Å². The van der Waals surface area contributed by atoms with Crippen LogP contribution >= 0.6 is 0 Å². The molecule has 1 fully saturated rings. The van der Waals surface area contributed by atoms with Crippen molar-refractivity contribution in [1.29, 1.82) is 0 Å². The number of para-hydroxylation sites is 1. The molecule has 3 atom stereocenters. The Bertz CT molecular complexity index is 855. The molecule has 1 aromatic heterocycles. The lowest BCUT2D eigenvalue weighted by Crippen LogP contribution is -2.53. The number of aromatic nitrogens is 1. The smallest absolute Gasteiger partial charge is 0.328 e. The number of rotatable bonds is 2. The summed E-state index contributed by atoms with van der Waals surface area (Å²) in [5.74, 6) is -0.0856. The second kappa shape index (κ2) is 5.34. The van der Waals surface area contributed by atoms with Crippen molar-refractivity contribution in [3.8, 4) is 0 Å². The van der Waals surface area contributed by atoms with E-state index in [0.717, 1.165) is 25.8 Å². The Morgan fingerprint density at radius 2 is 2.16 bits per heavy atom. The summed E-state index contributed by atoms with van der Waals surface area (Å²) in [7, 11) is 1.53. The maximum atomic E-state index is 12.8. The molecule has 132 valence electrons. The first-order chi connectivity index (χ1) is 12.2. The van der Waals surface area contributed by atoms with Crippen molar-refractivity contribution in [3.05, 3.63) is 35.5 Å². The highest BCUT2D eigenvalue weighted by atomic mass is 16.5. The van der Waals surface area contributed by atoms with Gasteiger partial charge in [0.05, 0.1) is 13.2 Å². The van der Waals surface area contributed by atoms with Gasteiger partial charge in [-0.25, -0.2) is 4.79 Å². The molecule has 0 amide bonds. The average Bonchev–Trinajstić information content (AvgIpc) is 3.01. The summed E-state index contributed by atoms with van der Waals surface area (Å²) in [4.78, 5) is 15.5. The van der Waals surface area contributed by atoms with Crippen LogP contribution in [0.5, 0.6) is 0 Å². The molecule has 4 nitrogen and oxygen atoms in total. The van der Waals surface area contributed by atoms with E-state index >= 15 is 0 Å². The van der Waals surface area contributed by atoms with Gasteiger partial charge in [0.15, 0.2) is 0 Å². The lowest BCUT2D eigenvalue weighted by Gasteiger charge is -2.56. The van der Waals surface area contributed by atoms with Crippen LogP contribution in [0.4, 0.5) is 0 Å². The number of carbonyl (C=O) groups excluding carboxylic acids is 1. The number of fused-ring (bicyclic) bond motifs is 3. The number of nitrogens with zero attached hydrogens (tertiary/aromatic N) is 2. The average molecular weight is 338 g/mol. The molecule has 4 heteroatoms. The van der Waals surface area contributed by atoms with Crippen LogP contribution in [0, 0.1) is 5.41 Å². The number of ether oxygens (including phenoxy) is 1. The van der Waals surface area contributed by atoms with Gasteiger partial charge in [0.2, 0.25) is 0 Å². The fourth-order valence-corrected chi connectivity index (χ4v) is 6.02. The van der Waals surface area contributed by atoms with E-state index in [0.29, 0.717) is 6.04 Å². The molecule has 5 rings (SSSR count). The second-order valence-electron chi connectivity index (χ2n) is 8.00. The number of piperidine rings is 1. The van der Waals surface area contributed by atoms with Crippen molar-refractivity contribution in [3.63, 3.8) is 0 Å². The van der Waals surface area contributed by atoms with E-state index in [9.17, 15) is 4.79 Å². The summed E-state index contributed by atoms with van der Waals surface area (Å²) in [6.07, 6.45) is 5.59. The fraction of sp³-hybridized carbons (Fsp3) is 0.571. The third-order valence-corrected chi connectivity index (χ3v) is 7.12. The zero-order valence-corrected chi connectivity index (χ0v) is 15.1. The van der Waals surface area contributed by atoms with Gasteiger partial charge < -0.3 is 9.30 Å². The molecule has 2 aromatic rings. The van der Waals surface area contributed by atoms with Gasteiger partial charge in [-0.15, -0.1) is 0 Å². The quantitative estimate of drug-likeness (QED) is 0.780. The number of methoxy groups -OCH3 is 1. The molecule has 0 unspecified atom stereocenters. The highest BCUT2D eigenvalue weighted by Crippen LogP contribution is 2.59. The van der Waals surface area contributed by atoms with Crippen molar-refractivity contribution in [2.75, 3.05) is 20.2 Å². The zero-order chi connectivity index (χ0) is 17.2. The molecule has 1 aromatic carbocycles. The van der Waals surface area contributed by atoms with Crippen LogP contribution in [0.15, 0.2) is 24.3 Å². The molecule has 0 aliphatic carbocycles. The Morgan fingerprint density at radius 1 is 1.32 bits per heavy atom. The monoisotopic (exact) mass is 338 g/mol. The molecular weight excluding hydrogens is 312 g/mol. The third-order valence-electron chi connectivity index (χ3n) is 7.12. The van der Waals surface area contributed by atoms with Gasteiger partial charge in [-0.2, -0.15) is 0 Å². The SMILES string of the molecule is CC[C@@]12CCCN3CCc4c(n(c5ccccc45)[C@H](C(=O)OC)C1)[C@@H]32. The first-order valence-corrected chi connectivity index (χ1v) is 9.64. The maximum absolute atomic E-state index is 12.8. The molecule has 0 saturated carbocycles. The number of esters is 1. The van der Waals surface area contributed by atoms with Gasteiger partial charge >= 0.3 is 5.97 Å². The highest BCUT2D eigenvalue weighted by Gasteiger charge is 2.54. The Morgan fingerprint density at radius 3 is 2.96 bits per heavy atom. The zero-order valence-electron chi connectivity index (χ0n) is 15.1. The Hall–Kier alpha value is -1.81. The van der Waals surface area contributed by atoms with Crippen LogP contribution in [-0.4, -0.2) is 35.6 Å². The molecular formula is C21H26N2O2. The topological polar surface area (TPSA) is 34.5 Å². The summed E-state index contributed by atoms with van der Waals surface area (Å²) in [5.41, 5.74) is 4.30. The van der Waals surface area contributed by atoms with Crippen molar-refractivity contribution < 1.29 is 9.53 Å². The lowest BCUT2D eigenvalue weighted by atomic mass is 9.63. The minimum atomic E-state index is -0.187. The van der Waals surface area contributed by atoms with E-state index in [1.54, 1.807) is 0 Å². The Balaban J connectivity index is 1.84. The van der Waals surface area contributed by atoms with Crippen molar-refractivity contribution >= 4 is 16.9 Å². The molecule has 1 saturated heterocycles. The van der Waals surface area contributed by atoms with Crippen molar-refractivity contribution in [1.82, 2.24) is 9.47 Å². The molecule has 25 heavy (non-hydrogen) atoms. The standard InChI is InChI=1S/C21H26N2O2/c1-3-21-10-6-11-22-12-9-15-14-7-4-5-8-16(14)23(18(15)19(21)22)17(13-21)20(24)25-2/h4-5,7-8,17,19H,3,6,9-13H2,1-2H3/t17-,19+,21+/m0/s1. The number of hydrogen-bond donors (Lipinski definition) is 0. The predicted octanol–water partition coefficient (Wildman–Crippen LogP) is 3.85. The highest BCUT2D eigenvalue weighted by molar-refractivity contribution is 5.89. The molecule has 4 heterocycles. The van der Waals surface area contributed by atoms with E-state index < -0.39 is 0 Å². The van der Waals surface area contributed by atoms with E-state index in [2.05, 4.69) is 40.7 Å². The van der Waals surface area contributed by atoms with Crippen LogP contribution in [-0.2, 0) is 16.0 Å². The van der Waals surface area contributed by atoms with E-state index in [1.807, 2.05) is 0 Å². The normalized spacial score (nSPS) is 31.0. The molecule has 0 bridgehead atoms. The van der Waals surface area contributed by atoms with Gasteiger partial charge in [-0.3, -0.25) is 4.90 Å². The van der Waals surface area contributed by atoms with Crippen LogP contribution in [0.25, 0.3) is 10.9 Å². The Kier molecular flexibility index (Phi) is 3.30. The van der Waals surface area contributed by atoms with Gasteiger partial charge in [-0.1, -0.05) is 25.1 Å².